The molecule has 0 aliphatic carbocycles. The molecule has 0 aliphatic heterocycles. The second kappa shape index (κ2) is 12.2. The number of benzene rings is 3. The van der Waals surface area contributed by atoms with Gasteiger partial charge in [-0.2, -0.15) is 0 Å². The predicted molar refractivity (Wildman–Crippen MR) is 130 cm³/mol. The van der Waals surface area contributed by atoms with Crippen molar-refractivity contribution in [2.75, 3.05) is 0 Å². The Hall–Kier alpha value is -3.53. The Kier molecular flexibility index (Phi) is 9.37. The molecule has 0 spiro atoms. The highest BCUT2D eigenvalue weighted by Crippen LogP contribution is 2.30. The summed E-state index contributed by atoms with van der Waals surface area (Å²) in [6.07, 6.45) is 0.857. The van der Waals surface area contributed by atoms with Gasteiger partial charge in [0.1, 0.15) is 5.75 Å². The van der Waals surface area contributed by atoms with Gasteiger partial charge < -0.3 is 5.11 Å². The Morgan fingerprint density at radius 2 is 1.06 bits per heavy atom. The van der Waals surface area contributed by atoms with Crippen LogP contribution >= 0.6 is 0 Å². The highest BCUT2D eigenvalue weighted by atomic mass is 16.3. The van der Waals surface area contributed by atoms with Crippen LogP contribution in [0.4, 0.5) is 0 Å². The first-order valence-electron chi connectivity index (χ1n) is 10.9. The molecule has 4 aromatic rings. The van der Waals surface area contributed by atoms with Gasteiger partial charge in [-0.1, -0.05) is 101 Å². The van der Waals surface area contributed by atoms with E-state index < -0.39 is 0 Å². The van der Waals surface area contributed by atoms with Gasteiger partial charge in [0.25, 0.3) is 0 Å². The lowest BCUT2D eigenvalue weighted by Crippen LogP contribution is -2.00. The van der Waals surface area contributed by atoms with Crippen LogP contribution in [0.25, 0.3) is 34.2 Å². The van der Waals surface area contributed by atoms with Gasteiger partial charge in [-0.05, 0) is 24.1 Å². The van der Waals surface area contributed by atoms with E-state index in [9.17, 15) is 5.11 Å². The Morgan fingerprint density at radius 3 is 1.48 bits per heavy atom. The molecule has 0 saturated heterocycles. The van der Waals surface area contributed by atoms with Crippen LogP contribution in [-0.4, -0.2) is 20.1 Å². The van der Waals surface area contributed by atoms with Gasteiger partial charge in [0, 0.05) is 11.1 Å². The normalized spacial score (nSPS) is 9.71. The molecule has 1 N–H and O–H groups in total. The third-order valence-electron chi connectivity index (χ3n) is 4.41. The van der Waals surface area contributed by atoms with Crippen LogP contribution in [0.3, 0.4) is 0 Å². The minimum atomic E-state index is 0.179. The van der Waals surface area contributed by atoms with Crippen molar-refractivity contribution in [3.05, 3.63) is 84.4 Å². The second-order valence-corrected chi connectivity index (χ2v) is 6.24. The molecular formula is C27H31N3O. The van der Waals surface area contributed by atoms with E-state index in [2.05, 4.69) is 21.9 Å². The molecule has 4 heteroatoms. The third kappa shape index (κ3) is 5.98. The van der Waals surface area contributed by atoms with Crippen LogP contribution in [0.15, 0.2) is 78.9 Å². The van der Waals surface area contributed by atoms with E-state index in [1.165, 1.54) is 0 Å². The largest absolute Gasteiger partial charge is 0.507 e. The van der Waals surface area contributed by atoms with Crippen molar-refractivity contribution in [1.29, 1.82) is 0 Å². The quantitative estimate of drug-likeness (QED) is 0.384. The molecule has 3 aromatic carbocycles. The van der Waals surface area contributed by atoms with Crippen molar-refractivity contribution in [2.45, 2.75) is 41.0 Å². The van der Waals surface area contributed by atoms with Crippen LogP contribution in [0.5, 0.6) is 5.75 Å². The van der Waals surface area contributed by atoms with Crippen LogP contribution in [-0.2, 0) is 6.42 Å². The summed E-state index contributed by atoms with van der Waals surface area (Å²) >= 11 is 0. The van der Waals surface area contributed by atoms with Crippen LogP contribution in [0, 0.1) is 0 Å². The van der Waals surface area contributed by atoms with Crippen LogP contribution < -0.4 is 0 Å². The summed E-state index contributed by atoms with van der Waals surface area (Å²) in [6, 6.07) is 25.2. The highest BCUT2D eigenvalue weighted by Gasteiger charge is 2.14. The van der Waals surface area contributed by atoms with Crippen molar-refractivity contribution < 1.29 is 5.11 Å². The monoisotopic (exact) mass is 413 g/mol. The van der Waals surface area contributed by atoms with E-state index in [-0.39, 0.29) is 5.75 Å². The molecule has 4 rings (SSSR count). The molecule has 0 fully saturated rings. The van der Waals surface area contributed by atoms with Gasteiger partial charge in [0.15, 0.2) is 17.5 Å². The molecule has 0 unspecified atom stereocenters. The smallest absolute Gasteiger partial charge is 0.167 e. The molecule has 0 atom stereocenters. The topological polar surface area (TPSA) is 58.9 Å². The summed E-state index contributed by atoms with van der Waals surface area (Å²) in [5.41, 5.74) is 3.48. The summed E-state index contributed by atoms with van der Waals surface area (Å²) in [7, 11) is 0. The van der Waals surface area contributed by atoms with E-state index >= 15 is 0 Å². The maximum Gasteiger partial charge on any atom is 0.167 e. The number of nitrogens with zero attached hydrogens (tertiary/aromatic N) is 3. The maximum atomic E-state index is 10.5. The van der Waals surface area contributed by atoms with E-state index in [0.29, 0.717) is 23.0 Å². The number of rotatable bonds is 4. The van der Waals surface area contributed by atoms with Gasteiger partial charge in [-0.3, -0.25) is 0 Å². The molecular weight excluding hydrogens is 382 g/mol. The molecule has 160 valence electrons. The summed E-state index contributed by atoms with van der Waals surface area (Å²) in [5, 5.41) is 10.5. The molecule has 0 aliphatic rings. The Morgan fingerprint density at radius 1 is 0.613 bits per heavy atom. The van der Waals surface area contributed by atoms with Crippen LogP contribution in [0.2, 0.25) is 0 Å². The molecule has 1 heterocycles. The number of aromatic nitrogens is 3. The number of aryl methyl sites for hydroxylation is 1. The minimum absolute atomic E-state index is 0.179. The highest BCUT2D eigenvalue weighted by molar-refractivity contribution is 5.69. The fourth-order valence-corrected chi connectivity index (χ4v) is 2.92. The zero-order valence-electron chi connectivity index (χ0n) is 19.0. The molecule has 31 heavy (non-hydrogen) atoms. The standard InChI is InChI=1S/C23H19N3O.2C2H6/c1-2-16-13-14-19(20(27)15-16)23-25-21(17-9-5-3-6-10-17)24-22(26-23)18-11-7-4-8-12-18;2*1-2/h3-15,27H,2H2,1H3;2*1-2H3. The van der Waals surface area contributed by atoms with Gasteiger partial charge >= 0.3 is 0 Å². The first-order chi connectivity index (χ1) is 15.2. The molecule has 4 nitrogen and oxygen atoms in total. The lowest BCUT2D eigenvalue weighted by Gasteiger charge is -2.10. The van der Waals surface area contributed by atoms with Crippen molar-refractivity contribution in [2.24, 2.45) is 0 Å². The molecule has 0 radical (unpaired) electrons. The lowest BCUT2D eigenvalue weighted by molar-refractivity contribution is 0.476. The number of hydrogen-bond donors (Lipinski definition) is 1. The zero-order chi connectivity index (χ0) is 22.6. The first-order valence-corrected chi connectivity index (χ1v) is 10.9. The maximum absolute atomic E-state index is 10.5. The van der Waals surface area contributed by atoms with E-state index in [1.54, 1.807) is 6.07 Å². The number of hydrogen-bond acceptors (Lipinski definition) is 4. The fraction of sp³-hybridized carbons (Fsp3) is 0.222. The zero-order valence-corrected chi connectivity index (χ0v) is 19.0. The number of aromatic hydroxyl groups is 1. The van der Waals surface area contributed by atoms with Gasteiger partial charge in [-0.15, -0.1) is 0 Å². The third-order valence-corrected chi connectivity index (χ3v) is 4.41. The lowest BCUT2D eigenvalue weighted by atomic mass is 10.1. The van der Waals surface area contributed by atoms with Crippen LogP contribution in [0.1, 0.15) is 40.2 Å². The Bertz CT molecular complexity index is 1010. The van der Waals surface area contributed by atoms with Crippen molar-refractivity contribution in [3.63, 3.8) is 0 Å². The van der Waals surface area contributed by atoms with Crippen molar-refractivity contribution in [1.82, 2.24) is 15.0 Å². The van der Waals surface area contributed by atoms with Gasteiger partial charge in [-0.25, -0.2) is 15.0 Å². The first kappa shape index (κ1) is 23.7. The van der Waals surface area contributed by atoms with E-state index in [0.717, 1.165) is 23.1 Å². The van der Waals surface area contributed by atoms with Gasteiger partial charge in [0.05, 0.1) is 5.56 Å². The second-order valence-electron chi connectivity index (χ2n) is 6.24. The predicted octanol–water partition coefficient (Wildman–Crippen LogP) is 7.19. The van der Waals surface area contributed by atoms with Gasteiger partial charge in [0.2, 0.25) is 0 Å². The van der Waals surface area contributed by atoms with Crippen molar-refractivity contribution >= 4 is 0 Å². The van der Waals surface area contributed by atoms with Crippen molar-refractivity contribution in [3.8, 4) is 39.9 Å². The van der Waals surface area contributed by atoms with E-state index in [1.807, 2.05) is 100 Å². The minimum Gasteiger partial charge on any atom is -0.507 e. The summed E-state index contributed by atoms with van der Waals surface area (Å²) in [4.78, 5) is 13.9. The average molecular weight is 414 g/mol. The fourth-order valence-electron chi connectivity index (χ4n) is 2.92. The number of phenols is 1. The average Bonchev–Trinajstić information content (AvgIpc) is 2.87. The molecule has 0 amide bonds. The molecule has 0 saturated carbocycles. The number of phenolic OH excluding ortho intramolecular Hbond substituents is 1. The Labute approximate surface area is 185 Å². The molecule has 1 aromatic heterocycles. The summed E-state index contributed by atoms with van der Waals surface area (Å²) < 4.78 is 0. The van der Waals surface area contributed by atoms with E-state index in [4.69, 9.17) is 0 Å². The SMILES string of the molecule is CC.CC.CCc1ccc(-c2nc(-c3ccccc3)nc(-c3ccccc3)n2)c(O)c1. The summed E-state index contributed by atoms with van der Waals surface area (Å²) in [6.45, 7) is 10.1. The Balaban J connectivity index is 0.000000807. The summed E-state index contributed by atoms with van der Waals surface area (Å²) in [5.74, 6) is 1.80. The molecule has 0 bridgehead atoms.